The molecule has 0 bridgehead atoms. The molecule has 4 rings (SSSR count). The molecule has 2 aliphatic rings. The van der Waals surface area contributed by atoms with Crippen molar-refractivity contribution >= 4 is 30.3 Å². The molecule has 1 amide bonds. The number of carbonyl (C=O) groups excluding carboxylic acids is 1. The van der Waals surface area contributed by atoms with Crippen LogP contribution in [0.2, 0.25) is 0 Å². The minimum Gasteiger partial charge on any atom is -0.403 e. The first kappa shape index (κ1) is 10.4. The van der Waals surface area contributed by atoms with Crippen molar-refractivity contribution in [2.75, 3.05) is 5.23 Å². The van der Waals surface area contributed by atoms with Crippen LogP contribution in [0.25, 0.3) is 0 Å². The Morgan fingerprint density at radius 3 is 2.79 bits per heavy atom. The highest BCUT2D eigenvalue weighted by Crippen LogP contribution is 2.25. The van der Waals surface area contributed by atoms with Crippen molar-refractivity contribution in [2.45, 2.75) is 0 Å². The van der Waals surface area contributed by atoms with Gasteiger partial charge >= 0.3 is 6.98 Å². The van der Waals surface area contributed by atoms with Crippen LogP contribution >= 0.6 is 0 Å². The van der Waals surface area contributed by atoms with Gasteiger partial charge in [-0.3, -0.25) is 4.79 Å². The minimum atomic E-state index is -0.219. The van der Waals surface area contributed by atoms with Gasteiger partial charge in [-0.15, -0.1) is 0 Å². The van der Waals surface area contributed by atoms with Crippen molar-refractivity contribution in [3.8, 4) is 0 Å². The molecule has 0 aliphatic carbocycles. The molecule has 0 spiro atoms. The van der Waals surface area contributed by atoms with Crippen LogP contribution in [0.15, 0.2) is 53.6 Å². The van der Waals surface area contributed by atoms with E-state index in [1.807, 2.05) is 48.5 Å². The van der Waals surface area contributed by atoms with Gasteiger partial charge < -0.3 is 5.23 Å². The number of benzene rings is 2. The summed E-state index contributed by atoms with van der Waals surface area (Å²) in [5, 5.41) is 7.65. The lowest BCUT2D eigenvalue weighted by Crippen LogP contribution is -2.59. The quantitative estimate of drug-likeness (QED) is 0.713. The van der Waals surface area contributed by atoms with Gasteiger partial charge in [0.15, 0.2) is 0 Å². The SMILES string of the molecule is O=C1c2ccccc2NB2c3ccccc3C=NN21. The molecule has 2 aliphatic heterocycles. The van der Waals surface area contributed by atoms with E-state index in [-0.39, 0.29) is 12.9 Å². The van der Waals surface area contributed by atoms with E-state index in [2.05, 4.69) is 10.3 Å². The smallest absolute Gasteiger partial charge is 0.403 e. The fraction of sp³-hybridized carbons (Fsp3) is 0. The van der Waals surface area contributed by atoms with E-state index in [0.29, 0.717) is 5.56 Å². The largest absolute Gasteiger partial charge is 0.435 e. The molecule has 0 aromatic heterocycles. The third kappa shape index (κ3) is 1.41. The van der Waals surface area contributed by atoms with Crippen LogP contribution in [0.5, 0.6) is 0 Å². The van der Waals surface area contributed by atoms with E-state index < -0.39 is 0 Å². The number of hydrogen-bond acceptors (Lipinski definition) is 3. The summed E-state index contributed by atoms with van der Waals surface area (Å²) in [6.45, 7) is -0.219. The van der Waals surface area contributed by atoms with Gasteiger partial charge in [-0.1, -0.05) is 36.4 Å². The first-order valence-electron chi connectivity index (χ1n) is 6.16. The van der Waals surface area contributed by atoms with Crippen molar-refractivity contribution < 1.29 is 4.79 Å². The van der Waals surface area contributed by atoms with Crippen LogP contribution in [0.4, 0.5) is 5.69 Å². The molecule has 2 aromatic rings. The third-order valence-corrected chi connectivity index (χ3v) is 3.51. The Morgan fingerprint density at radius 1 is 1.05 bits per heavy atom. The maximum Gasteiger partial charge on any atom is 0.435 e. The van der Waals surface area contributed by atoms with E-state index >= 15 is 0 Å². The van der Waals surface area contributed by atoms with Crippen molar-refractivity contribution in [1.29, 1.82) is 0 Å². The summed E-state index contributed by atoms with van der Waals surface area (Å²) >= 11 is 0. The Kier molecular flexibility index (Phi) is 2.03. The lowest BCUT2D eigenvalue weighted by atomic mass is 9.62. The minimum absolute atomic E-state index is 0.0647. The Hall–Kier alpha value is -2.56. The zero-order valence-electron chi connectivity index (χ0n) is 10.1. The number of nitrogens with zero attached hydrogens (tertiary/aromatic N) is 2. The molecule has 0 fully saturated rings. The van der Waals surface area contributed by atoms with Crippen molar-refractivity contribution in [2.24, 2.45) is 5.10 Å². The normalized spacial score (nSPS) is 15.5. The van der Waals surface area contributed by atoms with E-state index in [1.54, 1.807) is 6.21 Å². The molecule has 4 nitrogen and oxygen atoms in total. The molecule has 0 saturated carbocycles. The zero-order valence-corrected chi connectivity index (χ0v) is 10.1. The number of hydrazone groups is 1. The molecule has 0 radical (unpaired) electrons. The third-order valence-electron chi connectivity index (χ3n) is 3.51. The van der Waals surface area contributed by atoms with Gasteiger partial charge in [0.05, 0.1) is 11.8 Å². The Labute approximate surface area is 110 Å². The number of hydrogen-bond donors (Lipinski definition) is 1. The molecule has 0 atom stereocenters. The van der Waals surface area contributed by atoms with Crippen LogP contribution in [-0.4, -0.2) is 24.0 Å². The molecular weight excluding hydrogens is 237 g/mol. The van der Waals surface area contributed by atoms with E-state index in [4.69, 9.17) is 0 Å². The highest BCUT2D eigenvalue weighted by molar-refractivity contribution is 6.78. The van der Waals surface area contributed by atoms with Gasteiger partial charge in [0.1, 0.15) is 0 Å². The summed E-state index contributed by atoms with van der Waals surface area (Å²) < 4.78 is 0. The molecule has 90 valence electrons. The van der Waals surface area contributed by atoms with E-state index in [9.17, 15) is 4.79 Å². The van der Waals surface area contributed by atoms with Gasteiger partial charge in [-0.2, -0.15) is 5.10 Å². The predicted octanol–water partition coefficient (Wildman–Crippen LogP) is 1.30. The van der Waals surface area contributed by atoms with Gasteiger partial charge in [0, 0.05) is 5.69 Å². The summed E-state index contributed by atoms with van der Waals surface area (Å²) in [7, 11) is 0. The molecule has 0 unspecified atom stereocenters. The Morgan fingerprint density at radius 2 is 1.84 bits per heavy atom. The molecule has 0 saturated heterocycles. The average molecular weight is 247 g/mol. The molecule has 2 aromatic carbocycles. The van der Waals surface area contributed by atoms with Gasteiger partial charge in [0.25, 0.3) is 5.91 Å². The van der Waals surface area contributed by atoms with E-state index in [1.165, 1.54) is 4.92 Å². The zero-order chi connectivity index (χ0) is 12.8. The van der Waals surface area contributed by atoms with Crippen LogP contribution in [0.1, 0.15) is 15.9 Å². The number of nitrogens with one attached hydrogen (secondary N) is 1. The van der Waals surface area contributed by atoms with E-state index in [0.717, 1.165) is 16.7 Å². The van der Waals surface area contributed by atoms with Gasteiger partial charge in [0.2, 0.25) is 0 Å². The molecular formula is C14H10BN3O. The highest BCUT2D eigenvalue weighted by Gasteiger charge is 2.40. The molecule has 5 heteroatoms. The Balaban J connectivity index is 1.89. The summed E-state index contributed by atoms with van der Waals surface area (Å²) in [5.41, 5.74) is 3.64. The second-order valence-electron chi connectivity index (χ2n) is 4.62. The Bertz CT molecular complexity index is 713. The molecule has 1 N–H and O–H groups in total. The van der Waals surface area contributed by atoms with Gasteiger partial charge in [-0.25, -0.2) is 4.92 Å². The van der Waals surface area contributed by atoms with Crippen LogP contribution in [0, 0.1) is 0 Å². The number of amides is 1. The summed E-state index contributed by atoms with van der Waals surface area (Å²) in [5.74, 6) is -0.0647. The summed E-state index contributed by atoms with van der Waals surface area (Å²) in [6.07, 6.45) is 1.74. The monoisotopic (exact) mass is 247 g/mol. The lowest BCUT2D eigenvalue weighted by molar-refractivity contribution is 0.0857. The first-order chi connectivity index (χ1) is 9.34. The van der Waals surface area contributed by atoms with Crippen molar-refractivity contribution in [3.63, 3.8) is 0 Å². The number of fused-ring (bicyclic) bond motifs is 4. The van der Waals surface area contributed by atoms with Crippen molar-refractivity contribution in [3.05, 3.63) is 59.7 Å². The van der Waals surface area contributed by atoms with Crippen LogP contribution < -0.4 is 10.7 Å². The molecule has 19 heavy (non-hydrogen) atoms. The fourth-order valence-electron chi connectivity index (χ4n) is 2.58. The first-order valence-corrected chi connectivity index (χ1v) is 6.16. The summed E-state index contributed by atoms with van der Waals surface area (Å²) in [4.78, 5) is 13.9. The average Bonchev–Trinajstić information content (AvgIpc) is 2.47. The summed E-state index contributed by atoms with van der Waals surface area (Å²) in [6, 6.07) is 15.5. The van der Waals surface area contributed by atoms with Crippen LogP contribution in [-0.2, 0) is 0 Å². The molecule has 2 heterocycles. The lowest BCUT2D eigenvalue weighted by Gasteiger charge is -2.34. The maximum absolute atomic E-state index is 12.4. The van der Waals surface area contributed by atoms with Crippen LogP contribution in [0.3, 0.4) is 0 Å². The van der Waals surface area contributed by atoms with Gasteiger partial charge in [-0.05, 0) is 23.2 Å². The second-order valence-corrected chi connectivity index (χ2v) is 4.62. The number of para-hydroxylation sites is 1. The predicted molar refractivity (Wildman–Crippen MR) is 75.7 cm³/mol. The second kappa shape index (κ2) is 3.72. The number of rotatable bonds is 0. The van der Waals surface area contributed by atoms with Crippen molar-refractivity contribution in [1.82, 2.24) is 4.92 Å². The maximum atomic E-state index is 12.4. The topological polar surface area (TPSA) is 44.7 Å². The number of carbonyl (C=O) groups is 1. The fourth-order valence-corrected chi connectivity index (χ4v) is 2.58. The highest BCUT2D eigenvalue weighted by atomic mass is 16.2. The standard InChI is InChI=1S/C14H10BN3O/c19-14-11-6-2-4-8-13(11)17-15-12-7-3-1-5-10(12)9-16-18(14)15/h1-9,17H. The number of anilines is 1.